The summed E-state index contributed by atoms with van der Waals surface area (Å²) < 4.78 is 15.5. The smallest absolute Gasteiger partial charge is 0.180 e. The van der Waals surface area contributed by atoms with Crippen LogP contribution >= 0.6 is 0 Å². The van der Waals surface area contributed by atoms with Crippen molar-refractivity contribution in [1.29, 1.82) is 0 Å². The molecule has 0 amide bonds. The summed E-state index contributed by atoms with van der Waals surface area (Å²) in [6, 6.07) is 0. The summed E-state index contributed by atoms with van der Waals surface area (Å²) in [7, 11) is 3.23. The average molecular weight is 175 g/mol. The topological polar surface area (TPSA) is 39.7 Å². The van der Waals surface area contributed by atoms with Crippen LogP contribution in [0.5, 0.6) is 0 Å². The van der Waals surface area contributed by atoms with E-state index in [4.69, 9.17) is 14.2 Å². The van der Waals surface area contributed by atoms with E-state index in [9.17, 15) is 0 Å². The molecule has 1 fully saturated rings. The lowest BCUT2D eigenvalue weighted by atomic mass is 10.3. The molecule has 4 nitrogen and oxygen atoms in total. The zero-order valence-corrected chi connectivity index (χ0v) is 7.71. The fourth-order valence-corrected chi connectivity index (χ4v) is 1.22. The van der Waals surface area contributed by atoms with Gasteiger partial charge in [0, 0.05) is 20.8 Å². The zero-order valence-electron chi connectivity index (χ0n) is 7.71. The molecule has 1 rings (SSSR count). The summed E-state index contributed by atoms with van der Waals surface area (Å²) in [6.45, 7) is 2.51. The SMILES string of the molecule is COC(COC1CCNC1)OC. The van der Waals surface area contributed by atoms with Crippen molar-refractivity contribution >= 4 is 0 Å². The van der Waals surface area contributed by atoms with Gasteiger partial charge in [0.15, 0.2) is 6.29 Å². The van der Waals surface area contributed by atoms with Crippen LogP contribution < -0.4 is 5.32 Å². The van der Waals surface area contributed by atoms with Gasteiger partial charge in [-0.3, -0.25) is 0 Å². The molecule has 12 heavy (non-hydrogen) atoms. The average Bonchev–Trinajstić information content (AvgIpc) is 2.59. The van der Waals surface area contributed by atoms with Gasteiger partial charge in [-0.1, -0.05) is 0 Å². The first-order chi connectivity index (χ1) is 5.86. The van der Waals surface area contributed by atoms with Crippen molar-refractivity contribution in [2.24, 2.45) is 0 Å². The number of hydrogen-bond donors (Lipinski definition) is 1. The number of rotatable bonds is 5. The third kappa shape index (κ3) is 3.06. The lowest BCUT2D eigenvalue weighted by molar-refractivity contribution is -0.149. The maximum Gasteiger partial charge on any atom is 0.180 e. The zero-order chi connectivity index (χ0) is 8.81. The Morgan fingerprint density at radius 1 is 1.42 bits per heavy atom. The van der Waals surface area contributed by atoms with E-state index in [1.165, 1.54) is 0 Å². The third-order valence-electron chi connectivity index (χ3n) is 2.01. The van der Waals surface area contributed by atoms with Crippen molar-refractivity contribution < 1.29 is 14.2 Å². The maximum atomic E-state index is 5.53. The Hall–Kier alpha value is -0.160. The second-order valence-electron chi connectivity index (χ2n) is 2.85. The molecule has 72 valence electrons. The van der Waals surface area contributed by atoms with Gasteiger partial charge in [-0.25, -0.2) is 0 Å². The lowest BCUT2D eigenvalue weighted by Gasteiger charge is -2.16. The molecule has 0 aromatic carbocycles. The highest BCUT2D eigenvalue weighted by Gasteiger charge is 2.16. The summed E-state index contributed by atoms with van der Waals surface area (Å²) in [5.41, 5.74) is 0. The minimum Gasteiger partial charge on any atom is -0.372 e. The first-order valence-corrected chi connectivity index (χ1v) is 4.24. The van der Waals surface area contributed by atoms with Gasteiger partial charge >= 0.3 is 0 Å². The van der Waals surface area contributed by atoms with E-state index in [0.717, 1.165) is 19.5 Å². The Labute approximate surface area is 73.2 Å². The van der Waals surface area contributed by atoms with Gasteiger partial charge in [0.1, 0.15) is 0 Å². The van der Waals surface area contributed by atoms with Gasteiger partial charge in [0.25, 0.3) is 0 Å². The van der Waals surface area contributed by atoms with Crippen LogP contribution in [-0.2, 0) is 14.2 Å². The number of nitrogens with one attached hydrogen (secondary N) is 1. The van der Waals surface area contributed by atoms with E-state index in [2.05, 4.69) is 5.32 Å². The van der Waals surface area contributed by atoms with Crippen LogP contribution in [0.3, 0.4) is 0 Å². The van der Waals surface area contributed by atoms with Gasteiger partial charge in [-0.2, -0.15) is 0 Å². The Bertz CT molecular complexity index is 109. The molecule has 0 saturated carbocycles. The molecule has 1 N–H and O–H groups in total. The summed E-state index contributed by atoms with van der Waals surface area (Å²) in [4.78, 5) is 0. The number of ether oxygens (including phenoxy) is 3. The second kappa shape index (κ2) is 5.48. The minimum absolute atomic E-state index is 0.231. The molecule has 4 heteroatoms. The predicted octanol–water partition coefficient (Wildman–Crippen LogP) is -0.0162. The molecule has 0 bridgehead atoms. The Morgan fingerprint density at radius 2 is 2.17 bits per heavy atom. The van der Waals surface area contributed by atoms with Crippen LogP contribution in [0.15, 0.2) is 0 Å². The van der Waals surface area contributed by atoms with Gasteiger partial charge in [0.2, 0.25) is 0 Å². The van der Waals surface area contributed by atoms with Crippen molar-refractivity contribution in [3.8, 4) is 0 Å². The van der Waals surface area contributed by atoms with Crippen molar-refractivity contribution in [2.75, 3.05) is 33.9 Å². The molecule has 1 aliphatic heterocycles. The van der Waals surface area contributed by atoms with Crippen molar-refractivity contribution in [1.82, 2.24) is 5.32 Å². The van der Waals surface area contributed by atoms with E-state index in [1.807, 2.05) is 0 Å². The maximum absolute atomic E-state index is 5.53. The highest BCUT2D eigenvalue weighted by Crippen LogP contribution is 2.04. The molecule has 1 unspecified atom stereocenters. The second-order valence-corrected chi connectivity index (χ2v) is 2.85. The molecular formula is C8H17NO3. The summed E-state index contributed by atoms with van der Waals surface area (Å²) in [5, 5.41) is 3.23. The molecule has 1 atom stereocenters. The third-order valence-corrected chi connectivity index (χ3v) is 2.01. The highest BCUT2D eigenvalue weighted by molar-refractivity contribution is 4.70. The largest absolute Gasteiger partial charge is 0.372 e. The molecule has 0 radical (unpaired) electrons. The monoisotopic (exact) mass is 175 g/mol. The quantitative estimate of drug-likeness (QED) is 0.596. The fraction of sp³-hybridized carbons (Fsp3) is 1.00. The molecule has 0 aromatic rings. The van der Waals surface area contributed by atoms with E-state index in [0.29, 0.717) is 12.7 Å². The normalized spacial score (nSPS) is 23.8. The van der Waals surface area contributed by atoms with E-state index in [-0.39, 0.29) is 6.29 Å². The van der Waals surface area contributed by atoms with Crippen LogP contribution in [0.25, 0.3) is 0 Å². The van der Waals surface area contributed by atoms with Gasteiger partial charge in [-0.05, 0) is 13.0 Å². The molecule has 1 saturated heterocycles. The lowest BCUT2D eigenvalue weighted by Crippen LogP contribution is -2.25. The van der Waals surface area contributed by atoms with E-state index < -0.39 is 0 Å². The van der Waals surface area contributed by atoms with Crippen molar-refractivity contribution in [3.63, 3.8) is 0 Å². The molecule has 0 aromatic heterocycles. The Morgan fingerprint density at radius 3 is 2.67 bits per heavy atom. The standard InChI is InChI=1S/C8H17NO3/c1-10-8(11-2)6-12-7-3-4-9-5-7/h7-9H,3-6H2,1-2H3. The number of methoxy groups -OCH3 is 2. The summed E-state index contributed by atoms with van der Waals surface area (Å²) >= 11 is 0. The summed E-state index contributed by atoms with van der Waals surface area (Å²) in [6.07, 6.45) is 1.18. The summed E-state index contributed by atoms with van der Waals surface area (Å²) in [5.74, 6) is 0. The Kier molecular flexibility index (Phi) is 4.53. The minimum atomic E-state index is -0.231. The van der Waals surface area contributed by atoms with Crippen LogP contribution in [0.4, 0.5) is 0 Å². The van der Waals surface area contributed by atoms with Gasteiger partial charge < -0.3 is 19.5 Å². The molecule has 0 spiro atoms. The van der Waals surface area contributed by atoms with Crippen LogP contribution in [0.1, 0.15) is 6.42 Å². The molecule has 1 heterocycles. The van der Waals surface area contributed by atoms with Crippen LogP contribution in [0.2, 0.25) is 0 Å². The number of hydrogen-bond acceptors (Lipinski definition) is 4. The van der Waals surface area contributed by atoms with Crippen molar-refractivity contribution in [3.05, 3.63) is 0 Å². The first-order valence-electron chi connectivity index (χ1n) is 4.24. The Balaban J connectivity index is 2.06. The predicted molar refractivity (Wildman–Crippen MR) is 45.0 cm³/mol. The van der Waals surface area contributed by atoms with Crippen LogP contribution in [0, 0.1) is 0 Å². The first kappa shape index (κ1) is 9.92. The highest BCUT2D eigenvalue weighted by atomic mass is 16.7. The van der Waals surface area contributed by atoms with Crippen molar-refractivity contribution in [2.45, 2.75) is 18.8 Å². The molecule has 1 aliphatic rings. The fourth-order valence-electron chi connectivity index (χ4n) is 1.22. The molecule has 0 aliphatic carbocycles. The van der Waals surface area contributed by atoms with Crippen LogP contribution in [-0.4, -0.2) is 46.3 Å². The molecular weight excluding hydrogens is 158 g/mol. The van der Waals surface area contributed by atoms with E-state index in [1.54, 1.807) is 14.2 Å². The van der Waals surface area contributed by atoms with E-state index >= 15 is 0 Å². The van der Waals surface area contributed by atoms with Gasteiger partial charge in [-0.15, -0.1) is 0 Å². The van der Waals surface area contributed by atoms with Gasteiger partial charge in [0.05, 0.1) is 12.7 Å².